The lowest BCUT2D eigenvalue weighted by Crippen LogP contribution is -2.30. The molecule has 2 N–H and O–H groups in total. The van der Waals surface area contributed by atoms with E-state index in [-0.39, 0.29) is 13.2 Å². The first-order valence-electron chi connectivity index (χ1n) is 8.08. The molecule has 0 unspecified atom stereocenters. The van der Waals surface area contributed by atoms with Gasteiger partial charge >= 0.3 is 0 Å². The van der Waals surface area contributed by atoms with Gasteiger partial charge < -0.3 is 10.2 Å². The fraction of sp³-hybridized carbons (Fsp3) is 0.238. The molecule has 124 valence electrons. The van der Waals surface area contributed by atoms with E-state index in [1.54, 1.807) is 0 Å². The second-order valence-electron chi connectivity index (χ2n) is 5.33. The van der Waals surface area contributed by atoms with Crippen LogP contribution in [0.1, 0.15) is 11.1 Å². The number of aliphatic hydroxyl groups excluding tert-OH is 2. The lowest BCUT2D eigenvalue weighted by Gasteiger charge is -2.16. The molecule has 0 bridgehead atoms. The molecule has 0 fully saturated rings. The molecule has 0 aromatic heterocycles. The first kappa shape index (κ1) is 18.0. The topological polar surface area (TPSA) is 43.7 Å². The zero-order valence-electron chi connectivity index (χ0n) is 13.7. The number of benzene rings is 2. The molecule has 2 aromatic rings. The lowest BCUT2D eigenvalue weighted by atomic mass is 9.98. The fourth-order valence-corrected chi connectivity index (χ4v) is 2.40. The summed E-state index contributed by atoms with van der Waals surface area (Å²) < 4.78 is 0. The van der Waals surface area contributed by atoms with E-state index in [0.29, 0.717) is 19.6 Å². The van der Waals surface area contributed by atoms with Crippen LogP contribution in [0.15, 0.2) is 66.7 Å². The molecule has 2 aromatic carbocycles. The van der Waals surface area contributed by atoms with Crippen LogP contribution in [0.3, 0.4) is 0 Å². The molecule has 0 radical (unpaired) electrons. The van der Waals surface area contributed by atoms with E-state index < -0.39 is 0 Å². The van der Waals surface area contributed by atoms with Gasteiger partial charge in [-0.1, -0.05) is 72.5 Å². The van der Waals surface area contributed by atoms with Crippen molar-refractivity contribution < 1.29 is 10.2 Å². The third-order valence-corrected chi connectivity index (χ3v) is 3.62. The smallest absolute Gasteiger partial charge is 0.0606 e. The largest absolute Gasteiger partial charge is 0.395 e. The second-order valence-corrected chi connectivity index (χ2v) is 5.33. The van der Waals surface area contributed by atoms with Crippen molar-refractivity contribution >= 4 is 5.57 Å². The molecule has 0 heterocycles. The lowest BCUT2D eigenvalue weighted by molar-refractivity contribution is 0.174. The molecule has 0 atom stereocenters. The van der Waals surface area contributed by atoms with Crippen molar-refractivity contribution in [1.29, 1.82) is 0 Å². The number of aliphatic hydroxyl groups is 2. The highest BCUT2D eigenvalue weighted by molar-refractivity contribution is 5.81. The summed E-state index contributed by atoms with van der Waals surface area (Å²) in [6.07, 6.45) is 1.93. The Morgan fingerprint density at radius 3 is 1.79 bits per heavy atom. The highest BCUT2D eigenvalue weighted by Gasteiger charge is 2.03. The summed E-state index contributed by atoms with van der Waals surface area (Å²) in [5.41, 5.74) is 3.33. The summed E-state index contributed by atoms with van der Waals surface area (Å²) >= 11 is 0. The summed E-state index contributed by atoms with van der Waals surface area (Å²) in [7, 11) is 0. The third kappa shape index (κ3) is 5.68. The van der Waals surface area contributed by atoms with Crippen LogP contribution in [-0.4, -0.2) is 48.0 Å². The van der Waals surface area contributed by atoms with Gasteiger partial charge in [-0.15, -0.1) is 0 Å². The molecule has 0 aliphatic carbocycles. The quantitative estimate of drug-likeness (QED) is 0.770. The van der Waals surface area contributed by atoms with E-state index in [1.165, 1.54) is 0 Å². The van der Waals surface area contributed by atoms with Crippen LogP contribution in [0, 0.1) is 11.8 Å². The van der Waals surface area contributed by atoms with Gasteiger partial charge in [0, 0.05) is 13.1 Å². The highest BCUT2D eigenvalue weighted by atomic mass is 16.3. The van der Waals surface area contributed by atoms with Crippen LogP contribution in [-0.2, 0) is 0 Å². The van der Waals surface area contributed by atoms with Crippen molar-refractivity contribution in [2.75, 3.05) is 32.8 Å². The van der Waals surface area contributed by atoms with Crippen molar-refractivity contribution in [3.63, 3.8) is 0 Å². The third-order valence-electron chi connectivity index (χ3n) is 3.62. The highest BCUT2D eigenvalue weighted by Crippen LogP contribution is 2.22. The standard InChI is InChI=1S/C21H23NO2/c23-17-15-22(16-18-24)14-8-7-13-21(19-9-3-1-4-10-19)20-11-5-2-6-12-20/h1-6,9-13,23-24H,14-18H2. The van der Waals surface area contributed by atoms with Crippen molar-refractivity contribution in [3.8, 4) is 11.8 Å². The summed E-state index contributed by atoms with van der Waals surface area (Å²) in [4.78, 5) is 1.92. The maximum absolute atomic E-state index is 9.02. The summed E-state index contributed by atoms with van der Waals surface area (Å²) in [6, 6.07) is 20.4. The van der Waals surface area contributed by atoms with Gasteiger partial charge in [-0.05, 0) is 22.8 Å². The Morgan fingerprint density at radius 2 is 1.33 bits per heavy atom. The average molecular weight is 321 g/mol. The number of nitrogens with zero attached hydrogens (tertiary/aromatic N) is 1. The minimum atomic E-state index is 0.0663. The van der Waals surface area contributed by atoms with Crippen LogP contribution in [0.4, 0.5) is 0 Å². The number of hydrogen-bond acceptors (Lipinski definition) is 3. The molecule has 0 aliphatic rings. The molecule has 0 amide bonds. The van der Waals surface area contributed by atoms with Crippen LogP contribution in [0.25, 0.3) is 5.57 Å². The van der Waals surface area contributed by atoms with Crippen molar-refractivity contribution in [2.24, 2.45) is 0 Å². The zero-order valence-corrected chi connectivity index (χ0v) is 13.7. The van der Waals surface area contributed by atoms with Gasteiger partial charge in [0.1, 0.15) is 0 Å². The van der Waals surface area contributed by atoms with E-state index >= 15 is 0 Å². The SMILES string of the molecule is OCCN(CC#CC=C(c1ccccc1)c1ccccc1)CCO. The second kappa shape index (κ2) is 10.4. The van der Waals surface area contributed by atoms with Gasteiger partial charge in [0.25, 0.3) is 0 Å². The first-order chi connectivity index (χ1) is 11.8. The number of allylic oxidation sites excluding steroid dienone is 1. The Hall–Kier alpha value is -2.38. The normalized spacial score (nSPS) is 10.1. The zero-order chi connectivity index (χ0) is 17.0. The van der Waals surface area contributed by atoms with Crippen molar-refractivity contribution in [1.82, 2.24) is 4.90 Å². The van der Waals surface area contributed by atoms with Crippen LogP contribution < -0.4 is 0 Å². The van der Waals surface area contributed by atoms with Crippen molar-refractivity contribution in [3.05, 3.63) is 77.9 Å². The van der Waals surface area contributed by atoms with Crippen LogP contribution in [0.5, 0.6) is 0 Å². The predicted molar refractivity (Wildman–Crippen MR) is 98.4 cm³/mol. The molecular weight excluding hydrogens is 298 g/mol. The molecule has 0 aliphatic heterocycles. The molecule has 24 heavy (non-hydrogen) atoms. The average Bonchev–Trinajstić information content (AvgIpc) is 2.63. The molecule has 3 nitrogen and oxygen atoms in total. The van der Waals surface area contributed by atoms with Crippen LogP contribution in [0.2, 0.25) is 0 Å². The Balaban J connectivity index is 2.19. The van der Waals surface area contributed by atoms with E-state index in [1.807, 2.05) is 47.4 Å². The number of hydrogen-bond donors (Lipinski definition) is 2. The van der Waals surface area contributed by atoms with E-state index in [0.717, 1.165) is 16.7 Å². The predicted octanol–water partition coefficient (Wildman–Crippen LogP) is 2.41. The van der Waals surface area contributed by atoms with Gasteiger partial charge in [-0.25, -0.2) is 0 Å². The molecule has 2 rings (SSSR count). The Morgan fingerprint density at radius 1 is 0.833 bits per heavy atom. The first-order valence-corrected chi connectivity index (χ1v) is 8.08. The fourth-order valence-electron chi connectivity index (χ4n) is 2.40. The summed E-state index contributed by atoms with van der Waals surface area (Å²) in [6.45, 7) is 1.69. The van der Waals surface area contributed by atoms with Gasteiger partial charge in [0.2, 0.25) is 0 Å². The van der Waals surface area contributed by atoms with Gasteiger partial charge in [0.05, 0.1) is 19.8 Å². The maximum atomic E-state index is 9.02. The van der Waals surface area contributed by atoms with E-state index in [9.17, 15) is 0 Å². The summed E-state index contributed by atoms with van der Waals surface area (Å²) in [5, 5.41) is 18.0. The number of rotatable bonds is 7. The minimum Gasteiger partial charge on any atom is -0.395 e. The monoisotopic (exact) mass is 321 g/mol. The molecule has 0 saturated heterocycles. The molecule has 0 spiro atoms. The van der Waals surface area contributed by atoms with Gasteiger partial charge in [-0.3, -0.25) is 4.90 Å². The van der Waals surface area contributed by atoms with Crippen LogP contribution >= 0.6 is 0 Å². The van der Waals surface area contributed by atoms with Gasteiger partial charge in [0.15, 0.2) is 0 Å². The molecule has 0 saturated carbocycles. The van der Waals surface area contributed by atoms with Crippen molar-refractivity contribution in [2.45, 2.75) is 0 Å². The Bertz CT molecular complexity index is 637. The Labute approximate surface area is 143 Å². The Kier molecular flexibility index (Phi) is 7.79. The minimum absolute atomic E-state index is 0.0663. The molecular formula is C21H23NO2. The maximum Gasteiger partial charge on any atom is 0.0606 e. The van der Waals surface area contributed by atoms with E-state index in [2.05, 4.69) is 36.1 Å². The molecule has 3 heteroatoms. The summed E-state index contributed by atoms with van der Waals surface area (Å²) in [5.74, 6) is 6.22. The van der Waals surface area contributed by atoms with Gasteiger partial charge in [-0.2, -0.15) is 0 Å². The van der Waals surface area contributed by atoms with E-state index in [4.69, 9.17) is 10.2 Å².